The SMILES string of the molecule is CCCn1nccc1C(=O)Nc1cnn(Cc2cccc(C(F)(F)F)c2)c1. The normalized spacial score (nSPS) is 11.6. The second-order valence-electron chi connectivity index (χ2n) is 6.02. The molecular weight excluding hydrogens is 359 g/mol. The summed E-state index contributed by atoms with van der Waals surface area (Å²) in [6, 6.07) is 6.69. The van der Waals surface area contributed by atoms with Gasteiger partial charge in [-0.2, -0.15) is 23.4 Å². The van der Waals surface area contributed by atoms with E-state index in [0.717, 1.165) is 18.6 Å². The fraction of sp³-hybridized carbons (Fsp3) is 0.278. The average molecular weight is 377 g/mol. The highest BCUT2D eigenvalue weighted by Gasteiger charge is 2.30. The monoisotopic (exact) mass is 377 g/mol. The van der Waals surface area contributed by atoms with Gasteiger partial charge in [0.1, 0.15) is 5.69 Å². The maximum absolute atomic E-state index is 12.8. The molecule has 6 nitrogen and oxygen atoms in total. The number of carbonyl (C=O) groups excluding carboxylic acids is 1. The second-order valence-corrected chi connectivity index (χ2v) is 6.02. The Bertz CT molecular complexity index is 929. The van der Waals surface area contributed by atoms with Crippen LogP contribution in [0.25, 0.3) is 0 Å². The minimum absolute atomic E-state index is 0.160. The van der Waals surface area contributed by atoms with E-state index in [9.17, 15) is 18.0 Å². The molecule has 3 aromatic rings. The van der Waals surface area contributed by atoms with Crippen LogP contribution in [0.1, 0.15) is 35.0 Å². The Kier molecular flexibility index (Phi) is 5.29. The number of anilines is 1. The molecule has 9 heteroatoms. The molecule has 0 spiro atoms. The molecular formula is C18H18F3N5O. The fourth-order valence-corrected chi connectivity index (χ4v) is 2.66. The highest BCUT2D eigenvalue weighted by Crippen LogP contribution is 2.29. The Balaban J connectivity index is 1.68. The first kappa shape index (κ1) is 18.7. The third kappa shape index (κ3) is 4.55. The van der Waals surface area contributed by atoms with Crippen molar-refractivity contribution in [1.29, 1.82) is 0 Å². The van der Waals surface area contributed by atoms with E-state index in [1.807, 2.05) is 6.92 Å². The van der Waals surface area contributed by atoms with Crippen molar-refractivity contribution in [1.82, 2.24) is 19.6 Å². The van der Waals surface area contributed by atoms with E-state index < -0.39 is 11.7 Å². The van der Waals surface area contributed by atoms with Gasteiger partial charge in [0, 0.05) is 18.9 Å². The molecule has 3 rings (SSSR count). The Labute approximate surface area is 153 Å². The number of nitrogens with zero attached hydrogens (tertiary/aromatic N) is 4. The van der Waals surface area contributed by atoms with Gasteiger partial charge in [0.2, 0.25) is 0 Å². The van der Waals surface area contributed by atoms with Crippen molar-refractivity contribution in [2.45, 2.75) is 32.6 Å². The zero-order valence-corrected chi connectivity index (χ0v) is 14.6. The number of benzene rings is 1. The van der Waals surface area contributed by atoms with E-state index in [0.29, 0.717) is 23.5 Å². The quantitative estimate of drug-likeness (QED) is 0.711. The number of hydrogen-bond acceptors (Lipinski definition) is 3. The summed E-state index contributed by atoms with van der Waals surface area (Å²) in [5.41, 5.74) is 0.649. The number of nitrogens with one attached hydrogen (secondary N) is 1. The van der Waals surface area contributed by atoms with Gasteiger partial charge >= 0.3 is 6.18 Å². The van der Waals surface area contributed by atoms with Crippen molar-refractivity contribution < 1.29 is 18.0 Å². The lowest BCUT2D eigenvalue weighted by molar-refractivity contribution is -0.137. The second kappa shape index (κ2) is 7.65. The van der Waals surface area contributed by atoms with Crippen LogP contribution in [0.4, 0.5) is 18.9 Å². The van der Waals surface area contributed by atoms with E-state index in [-0.39, 0.29) is 12.5 Å². The van der Waals surface area contributed by atoms with Crippen molar-refractivity contribution in [3.63, 3.8) is 0 Å². The minimum Gasteiger partial charge on any atom is -0.318 e. The summed E-state index contributed by atoms with van der Waals surface area (Å²) in [7, 11) is 0. The third-order valence-electron chi connectivity index (χ3n) is 3.87. The van der Waals surface area contributed by atoms with Gasteiger partial charge in [-0.25, -0.2) is 0 Å². The average Bonchev–Trinajstić information content (AvgIpc) is 3.24. The Morgan fingerprint density at radius 1 is 1.22 bits per heavy atom. The van der Waals surface area contributed by atoms with Crippen LogP contribution >= 0.6 is 0 Å². The molecule has 0 unspecified atom stereocenters. The van der Waals surface area contributed by atoms with E-state index in [1.165, 1.54) is 16.9 Å². The standard InChI is InChI=1S/C18H18F3N5O/c1-2-8-26-16(6-7-22-26)17(27)24-15-10-23-25(12-15)11-13-4-3-5-14(9-13)18(19,20)21/h3-7,9-10,12H,2,8,11H2,1H3,(H,24,27). The summed E-state index contributed by atoms with van der Waals surface area (Å²) in [6.45, 7) is 2.78. The number of aryl methyl sites for hydroxylation is 1. The number of amides is 1. The van der Waals surface area contributed by atoms with Gasteiger partial charge < -0.3 is 5.32 Å². The lowest BCUT2D eigenvalue weighted by Crippen LogP contribution is -2.17. The molecule has 0 saturated heterocycles. The number of rotatable bonds is 6. The van der Waals surface area contributed by atoms with Crippen molar-refractivity contribution in [3.05, 3.63) is 65.7 Å². The predicted octanol–water partition coefficient (Wildman–Crippen LogP) is 3.81. The number of alkyl halides is 3. The molecule has 0 aliphatic heterocycles. The molecule has 1 N–H and O–H groups in total. The van der Waals surface area contributed by atoms with Crippen LogP contribution in [-0.2, 0) is 19.3 Å². The summed E-state index contributed by atoms with van der Waals surface area (Å²) in [6.07, 6.45) is 1.03. The van der Waals surface area contributed by atoms with Gasteiger partial charge in [-0.3, -0.25) is 14.2 Å². The molecule has 1 amide bonds. The first-order chi connectivity index (χ1) is 12.9. The number of halogens is 3. The molecule has 0 aliphatic carbocycles. The first-order valence-electron chi connectivity index (χ1n) is 8.38. The van der Waals surface area contributed by atoms with Crippen LogP contribution in [0.5, 0.6) is 0 Å². The van der Waals surface area contributed by atoms with Crippen LogP contribution in [-0.4, -0.2) is 25.5 Å². The lowest BCUT2D eigenvalue weighted by Gasteiger charge is -2.08. The summed E-state index contributed by atoms with van der Waals surface area (Å²) < 4.78 is 41.5. The summed E-state index contributed by atoms with van der Waals surface area (Å²) in [5.74, 6) is -0.320. The Hall–Kier alpha value is -3.10. The van der Waals surface area contributed by atoms with Crippen molar-refractivity contribution in [2.24, 2.45) is 0 Å². The van der Waals surface area contributed by atoms with Gasteiger partial charge in [0.25, 0.3) is 5.91 Å². The molecule has 0 aliphatic rings. The van der Waals surface area contributed by atoms with Crippen LogP contribution in [0, 0.1) is 0 Å². The topological polar surface area (TPSA) is 64.7 Å². The maximum Gasteiger partial charge on any atom is 0.416 e. The number of carbonyl (C=O) groups is 1. The van der Waals surface area contributed by atoms with Crippen LogP contribution in [0.2, 0.25) is 0 Å². The van der Waals surface area contributed by atoms with Crippen molar-refractivity contribution >= 4 is 11.6 Å². The van der Waals surface area contributed by atoms with Crippen LogP contribution in [0.15, 0.2) is 48.9 Å². The summed E-state index contributed by atoms with van der Waals surface area (Å²) in [5, 5.41) is 10.9. The lowest BCUT2D eigenvalue weighted by atomic mass is 10.1. The molecule has 2 aromatic heterocycles. The molecule has 2 heterocycles. The van der Waals surface area contributed by atoms with E-state index >= 15 is 0 Å². The molecule has 27 heavy (non-hydrogen) atoms. The highest BCUT2D eigenvalue weighted by molar-refractivity contribution is 6.02. The van der Waals surface area contributed by atoms with Gasteiger partial charge in [-0.1, -0.05) is 19.1 Å². The molecule has 1 aromatic carbocycles. The molecule has 0 bridgehead atoms. The third-order valence-corrected chi connectivity index (χ3v) is 3.87. The van der Waals surface area contributed by atoms with Gasteiger partial charge in [0.05, 0.1) is 24.0 Å². The molecule has 142 valence electrons. The Morgan fingerprint density at radius 3 is 2.78 bits per heavy atom. The Morgan fingerprint density at radius 2 is 2.04 bits per heavy atom. The van der Waals surface area contributed by atoms with E-state index in [4.69, 9.17) is 0 Å². The fourth-order valence-electron chi connectivity index (χ4n) is 2.66. The zero-order chi connectivity index (χ0) is 19.4. The number of aromatic nitrogens is 4. The first-order valence-corrected chi connectivity index (χ1v) is 8.38. The molecule has 0 radical (unpaired) electrons. The molecule has 0 atom stereocenters. The summed E-state index contributed by atoms with van der Waals surface area (Å²) >= 11 is 0. The minimum atomic E-state index is -4.39. The smallest absolute Gasteiger partial charge is 0.318 e. The van der Waals surface area contributed by atoms with Gasteiger partial charge in [-0.05, 0) is 30.2 Å². The van der Waals surface area contributed by atoms with E-state index in [2.05, 4.69) is 15.5 Å². The van der Waals surface area contributed by atoms with Crippen LogP contribution in [0.3, 0.4) is 0 Å². The zero-order valence-electron chi connectivity index (χ0n) is 14.6. The highest BCUT2D eigenvalue weighted by atomic mass is 19.4. The number of hydrogen-bond donors (Lipinski definition) is 1. The van der Waals surface area contributed by atoms with Crippen molar-refractivity contribution in [3.8, 4) is 0 Å². The molecule has 0 fully saturated rings. The largest absolute Gasteiger partial charge is 0.416 e. The van der Waals surface area contributed by atoms with Crippen LogP contribution < -0.4 is 5.32 Å². The van der Waals surface area contributed by atoms with E-state index in [1.54, 1.807) is 29.2 Å². The summed E-state index contributed by atoms with van der Waals surface area (Å²) in [4.78, 5) is 12.4. The van der Waals surface area contributed by atoms with Gasteiger partial charge in [0.15, 0.2) is 0 Å². The predicted molar refractivity (Wildman–Crippen MR) is 93.2 cm³/mol. The maximum atomic E-state index is 12.8. The van der Waals surface area contributed by atoms with Gasteiger partial charge in [-0.15, -0.1) is 0 Å². The van der Waals surface area contributed by atoms with Crippen molar-refractivity contribution in [2.75, 3.05) is 5.32 Å². The molecule has 0 saturated carbocycles.